The molecule has 0 unspecified atom stereocenters. The van der Waals surface area contributed by atoms with Crippen molar-refractivity contribution >= 4 is 22.4 Å². The van der Waals surface area contributed by atoms with Crippen LogP contribution in [0.4, 0.5) is 5.13 Å². The maximum atomic E-state index is 12.5. The number of hydrogen-bond donors (Lipinski definition) is 3. The van der Waals surface area contributed by atoms with Crippen LogP contribution in [-0.2, 0) is 25.9 Å². The van der Waals surface area contributed by atoms with Gasteiger partial charge in [0.05, 0.1) is 5.69 Å². The van der Waals surface area contributed by atoms with Crippen LogP contribution >= 0.6 is 11.3 Å². The van der Waals surface area contributed by atoms with Crippen LogP contribution in [0, 0.1) is 0 Å². The highest BCUT2D eigenvalue weighted by atomic mass is 32.1. The number of H-pyrrole nitrogens is 1. The molecule has 0 atom stereocenters. The molecule has 2 aliphatic rings. The highest BCUT2D eigenvalue weighted by Gasteiger charge is 2.24. The third-order valence-electron chi connectivity index (χ3n) is 4.50. The zero-order valence-electron chi connectivity index (χ0n) is 13.1. The van der Waals surface area contributed by atoms with Gasteiger partial charge in [-0.2, -0.15) is 5.10 Å². The molecule has 8 heteroatoms. The highest BCUT2D eigenvalue weighted by Crippen LogP contribution is 2.28. The molecule has 0 aliphatic carbocycles. The molecule has 0 saturated carbocycles. The minimum atomic E-state index is -0.176. The van der Waals surface area contributed by atoms with Gasteiger partial charge in [0.2, 0.25) is 0 Å². The maximum absolute atomic E-state index is 12.5. The number of fused-ring (bicyclic) bond motifs is 2. The number of amides is 1. The predicted octanol–water partition coefficient (Wildman–Crippen LogP) is 1.14. The number of nitrogens with one attached hydrogen (secondary N) is 3. The van der Waals surface area contributed by atoms with E-state index in [4.69, 9.17) is 0 Å². The summed E-state index contributed by atoms with van der Waals surface area (Å²) in [6.07, 6.45) is 1.84. The summed E-state index contributed by atoms with van der Waals surface area (Å²) >= 11 is 1.58. The minimum Gasteiger partial charge on any atom is -0.312 e. The Labute approximate surface area is 138 Å². The van der Waals surface area contributed by atoms with Crippen LogP contribution in [0.25, 0.3) is 0 Å². The largest absolute Gasteiger partial charge is 0.312 e. The van der Waals surface area contributed by atoms with Gasteiger partial charge < -0.3 is 5.32 Å². The van der Waals surface area contributed by atoms with Gasteiger partial charge in [0.1, 0.15) is 0 Å². The van der Waals surface area contributed by atoms with E-state index in [9.17, 15) is 4.79 Å². The molecule has 2 aromatic heterocycles. The summed E-state index contributed by atoms with van der Waals surface area (Å²) in [7, 11) is 0. The van der Waals surface area contributed by atoms with E-state index < -0.39 is 0 Å². The fraction of sp³-hybridized carbons (Fsp3) is 0.533. The summed E-state index contributed by atoms with van der Waals surface area (Å²) in [6, 6.07) is 0. The summed E-state index contributed by atoms with van der Waals surface area (Å²) in [5, 5.41) is 14.1. The van der Waals surface area contributed by atoms with Gasteiger partial charge in [0, 0.05) is 55.2 Å². The molecule has 122 valence electrons. The van der Waals surface area contributed by atoms with E-state index >= 15 is 0 Å². The second-order valence-corrected chi connectivity index (χ2v) is 7.00. The van der Waals surface area contributed by atoms with Crippen LogP contribution in [-0.4, -0.2) is 45.6 Å². The average Bonchev–Trinajstić information content (AvgIpc) is 3.17. The van der Waals surface area contributed by atoms with E-state index in [2.05, 4.69) is 37.6 Å². The van der Waals surface area contributed by atoms with Crippen molar-refractivity contribution in [3.63, 3.8) is 0 Å². The number of aromatic nitrogens is 3. The van der Waals surface area contributed by atoms with Gasteiger partial charge in [-0.1, -0.05) is 6.92 Å². The molecule has 0 bridgehead atoms. The Bertz CT molecular complexity index is 736. The number of carbonyl (C=O) groups excluding carboxylic acids is 1. The molecule has 2 aliphatic heterocycles. The summed E-state index contributed by atoms with van der Waals surface area (Å²) in [5.74, 6) is -0.176. The van der Waals surface area contributed by atoms with Crippen LogP contribution in [0.15, 0.2) is 0 Å². The van der Waals surface area contributed by atoms with Gasteiger partial charge in [0.15, 0.2) is 10.8 Å². The zero-order valence-corrected chi connectivity index (χ0v) is 13.9. The van der Waals surface area contributed by atoms with Crippen LogP contribution in [0.5, 0.6) is 0 Å². The molecule has 0 fully saturated rings. The standard InChI is InChI=1S/C15H20N6OS/c1-2-21-6-4-11-12(8-21)23-15(17-11)18-14(22)13-9-7-16-5-3-10(9)19-20-13/h16H,2-8H2,1H3,(H,19,20)(H,17,18,22). The molecule has 23 heavy (non-hydrogen) atoms. The van der Waals surface area contributed by atoms with Crippen molar-refractivity contribution in [3.05, 3.63) is 27.5 Å². The van der Waals surface area contributed by atoms with Crippen LogP contribution < -0.4 is 10.6 Å². The monoisotopic (exact) mass is 332 g/mol. The Balaban J connectivity index is 1.51. The molecule has 0 aromatic carbocycles. The van der Waals surface area contributed by atoms with Crippen molar-refractivity contribution in [2.45, 2.75) is 32.9 Å². The molecule has 4 rings (SSSR count). The summed E-state index contributed by atoms with van der Waals surface area (Å²) in [6.45, 7) is 6.80. The highest BCUT2D eigenvalue weighted by molar-refractivity contribution is 7.15. The van der Waals surface area contributed by atoms with Gasteiger partial charge in [-0.25, -0.2) is 4.98 Å². The molecular weight excluding hydrogens is 312 g/mol. The smallest absolute Gasteiger partial charge is 0.278 e. The molecule has 4 heterocycles. The van der Waals surface area contributed by atoms with Crippen molar-refractivity contribution in [1.82, 2.24) is 25.4 Å². The number of rotatable bonds is 3. The molecule has 0 radical (unpaired) electrons. The van der Waals surface area contributed by atoms with E-state index in [1.807, 2.05) is 0 Å². The van der Waals surface area contributed by atoms with E-state index in [-0.39, 0.29) is 5.91 Å². The van der Waals surface area contributed by atoms with Crippen molar-refractivity contribution in [2.24, 2.45) is 0 Å². The minimum absolute atomic E-state index is 0.176. The Morgan fingerprint density at radius 1 is 1.43 bits per heavy atom. The maximum Gasteiger partial charge on any atom is 0.278 e. The number of likely N-dealkylation sites (N-methyl/N-ethyl adjacent to an activating group) is 1. The van der Waals surface area contributed by atoms with Gasteiger partial charge in [-0.15, -0.1) is 11.3 Å². The number of anilines is 1. The van der Waals surface area contributed by atoms with Crippen molar-refractivity contribution in [3.8, 4) is 0 Å². The van der Waals surface area contributed by atoms with Crippen LogP contribution in [0.1, 0.15) is 39.2 Å². The topological polar surface area (TPSA) is 85.9 Å². The van der Waals surface area contributed by atoms with Gasteiger partial charge in [-0.3, -0.25) is 20.1 Å². The summed E-state index contributed by atoms with van der Waals surface area (Å²) in [5.41, 5.74) is 3.65. The lowest BCUT2D eigenvalue weighted by Gasteiger charge is -2.23. The van der Waals surface area contributed by atoms with Gasteiger partial charge in [0.25, 0.3) is 5.91 Å². The SMILES string of the molecule is CCN1CCc2nc(NC(=O)c3n[nH]c4c3CNCC4)sc2C1. The zero-order chi connectivity index (χ0) is 15.8. The molecular formula is C15H20N6OS. The molecule has 2 aromatic rings. The number of carbonyl (C=O) groups is 1. The molecule has 0 spiro atoms. The molecule has 7 nitrogen and oxygen atoms in total. The number of hydrogen-bond acceptors (Lipinski definition) is 6. The lowest BCUT2D eigenvalue weighted by Crippen LogP contribution is -2.29. The van der Waals surface area contributed by atoms with Crippen molar-refractivity contribution < 1.29 is 4.79 Å². The average molecular weight is 332 g/mol. The van der Waals surface area contributed by atoms with Gasteiger partial charge in [-0.05, 0) is 6.54 Å². The molecule has 1 amide bonds. The van der Waals surface area contributed by atoms with E-state index in [1.165, 1.54) is 4.88 Å². The van der Waals surface area contributed by atoms with E-state index in [1.54, 1.807) is 11.3 Å². The quantitative estimate of drug-likeness (QED) is 0.785. The fourth-order valence-electron chi connectivity index (χ4n) is 3.14. The summed E-state index contributed by atoms with van der Waals surface area (Å²) < 4.78 is 0. The third-order valence-corrected chi connectivity index (χ3v) is 5.50. The first-order valence-corrected chi connectivity index (χ1v) is 8.85. The molecule has 0 saturated heterocycles. The fourth-order valence-corrected chi connectivity index (χ4v) is 4.19. The normalized spacial score (nSPS) is 17.6. The number of aromatic amines is 1. The summed E-state index contributed by atoms with van der Waals surface area (Å²) in [4.78, 5) is 20.8. The first-order valence-electron chi connectivity index (χ1n) is 8.03. The second kappa shape index (κ2) is 6.03. The Morgan fingerprint density at radius 3 is 3.22 bits per heavy atom. The van der Waals surface area contributed by atoms with E-state index in [0.29, 0.717) is 17.4 Å². The van der Waals surface area contributed by atoms with E-state index in [0.717, 1.165) is 56.0 Å². The lowest BCUT2D eigenvalue weighted by atomic mass is 10.1. The Hall–Kier alpha value is -1.77. The van der Waals surface area contributed by atoms with Crippen LogP contribution in [0.2, 0.25) is 0 Å². The lowest BCUT2D eigenvalue weighted by molar-refractivity contribution is 0.102. The number of thiazole rings is 1. The van der Waals surface area contributed by atoms with Gasteiger partial charge >= 0.3 is 0 Å². The second-order valence-electron chi connectivity index (χ2n) is 5.92. The third kappa shape index (κ3) is 2.77. The van der Waals surface area contributed by atoms with Crippen molar-refractivity contribution in [1.29, 1.82) is 0 Å². The Kier molecular flexibility index (Phi) is 3.88. The first-order chi connectivity index (χ1) is 11.2. The first kappa shape index (κ1) is 14.8. The molecule has 3 N–H and O–H groups in total. The predicted molar refractivity (Wildman–Crippen MR) is 88.7 cm³/mol. The Morgan fingerprint density at radius 2 is 2.35 bits per heavy atom. The van der Waals surface area contributed by atoms with Crippen LogP contribution in [0.3, 0.4) is 0 Å². The van der Waals surface area contributed by atoms with Crippen molar-refractivity contribution in [2.75, 3.05) is 25.0 Å². The number of nitrogens with zero attached hydrogens (tertiary/aromatic N) is 3.